The molecule has 4 rings (SSSR count). The van der Waals surface area contributed by atoms with Crippen LogP contribution in [0.5, 0.6) is 11.5 Å². The molecule has 1 aliphatic rings. The SMILES string of the molecule is COc1cc(OC)c2cc(C(=O)N3CCC(O)(Cn4ccnc4C)CC3)[nH]c2c1. The highest BCUT2D eigenvalue weighted by molar-refractivity contribution is 6.00. The monoisotopic (exact) mass is 398 g/mol. The molecule has 1 fully saturated rings. The lowest BCUT2D eigenvalue weighted by atomic mass is 9.91. The number of hydrogen-bond donors (Lipinski definition) is 2. The molecule has 0 atom stereocenters. The first-order chi connectivity index (χ1) is 13.9. The third-order valence-electron chi connectivity index (χ3n) is 5.73. The molecule has 0 saturated carbocycles. The van der Waals surface area contributed by atoms with Crippen LogP contribution in [0.4, 0.5) is 0 Å². The van der Waals surface area contributed by atoms with Crippen LogP contribution in [0.25, 0.3) is 10.9 Å². The van der Waals surface area contributed by atoms with Gasteiger partial charge in [0.15, 0.2) is 0 Å². The van der Waals surface area contributed by atoms with Crippen molar-refractivity contribution in [1.82, 2.24) is 19.4 Å². The Morgan fingerprint density at radius 3 is 2.62 bits per heavy atom. The predicted molar refractivity (Wildman–Crippen MR) is 108 cm³/mol. The molecule has 154 valence electrons. The van der Waals surface area contributed by atoms with Gasteiger partial charge in [0.1, 0.15) is 23.0 Å². The Morgan fingerprint density at radius 2 is 2.00 bits per heavy atom. The minimum atomic E-state index is -0.834. The summed E-state index contributed by atoms with van der Waals surface area (Å²) in [6.45, 7) is 3.41. The molecule has 1 aromatic carbocycles. The van der Waals surface area contributed by atoms with E-state index in [9.17, 15) is 9.90 Å². The highest BCUT2D eigenvalue weighted by atomic mass is 16.5. The van der Waals surface area contributed by atoms with Gasteiger partial charge in [-0.2, -0.15) is 0 Å². The number of likely N-dealkylation sites (tertiary alicyclic amines) is 1. The maximum atomic E-state index is 13.0. The van der Waals surface area contributed by atoms with Gasteiger partial charge in [0, 0.05) is 43.0 Å². The molecular weight excluding hydrogens is 372 g/mol. The second kappa shape index (κ2) is 7.44. The quantitative estimate of drug-likeness (QED) is 0.688. The van der Waals surface area contributed by atoms with E-state index in [1.54, 1.807) is 31.4 Å². The number of carbonyl (C=O) groups excluding carboxylic acids is 1. The lowest BCUT2D eigenvalue weighted by Gasteiger charge is -2.38. The number of methoxy groups -OCH3 is 2. The molecule has 2 aromatic heterocycles. The number of ether oxygens (including phenoxy) is 2. The fraction of sp³-hybridized carbons (Fsp3) is 0.429. The Labute approximate surface area is 169 Å². The Balaban J connectivity index is 1.49. The second-order valence-electron chi connectivity index (χ2n) is 7.59. The summed E-state index contributed by atoms with van der Waals surface area (Å²) in [5.74, 6) is 2.11. The lowest BCUT2D eigenvalue weighted by molar-refractivity contribution is -0.0296. The van der Waals surface area contributed by atoms with Gasteiger partial charge in [-0.15, -0.1) is 0 Å². The minimum Gasteiger partial charge on any atom is -0.497 e. The van der Waals surface area contributed by atoms with Crippen LogP contribution in [-0.4, -0.2) is 63.4 Å². The van der Waals surface area contributed by atoms with Gasteiger partial charge in [-0.25, -0.2) is 4.98 Å². The van der Waals surface area contributed by atoms with Crippen molar-refractivity contribution in [3.05, 3.63) is 42.1 Å². The van der Waals surface area contributed by atoms with Crippen LogP contribution in [-0.2, 0) is 6.54 Å². The molecule has 29 heavy (non-hydrogen) atoms. The average molecular weight is 398 g/mol. The number of piperidine rings is 1. The maximum Gasteiger partial charge on any atom is 0.270 e. The molecular formula is C21H26N4O4. The fourth-order valence-corrected chi connectivity index (χ4v) is 3.92. The van der Waals surface area contributed by atoms with Crippen LogP contribution in [0.1, 0.15) is 29.2 Å². The first-order valence-corrected chi connectivity index (χ1v) is 9.66. The normalized spacial score (nSPS) is 16.2. The van der Waals surface area contributed by atoms with E-state index < -0.39 is 5.60 Å². The molecule has 0 bridgehead atoms. The zero-order valence-electron chi connectivity index (χ0n) is 16.9. The van der Waals surface area contributed by atoms with Gasteiger partial charge >= 0.3 is 0 Å². The smallest absolute Gasteiger partial charge is 0.270 e. The highest BCUT2D eigenvalue weighted by Crippen LogP contribution is 2.32. The first-order valence-electron chi connectivity index (χ1n) is 9.66. The van der Waals surface area contributed by atoms with Crippen LogP contribution < -0.4 is 9.47 Å². The van der Waals surface area contributed by atoms with Crippen molar-refractivity contribution in [1.29, 1.82) is 0 Å². The molecule has 8 heteroatoms. The van der Waals surface area contributed by atoms with Crippen LogP contribution in [0, 0.1) is 6.92 Å². The van der Waals surface area contributed by atoms with Crippen molar-refractivity contribution in [2.45, 2.75) is 31.9 Å². The first kappa shape index (κ1) is 19.3. The summed E-state index contributed by atoms with van der Waals surface area (Å²) in [4.78, 5) is 22.2. The van der Waals surface area contributed by atoms with E-state index in [0.717, 1.165) is 16.7 Å². The van der Waals surface area contributed by atoms with E-state index in [1.807, 2.05) is 29.8 Å². The van der Waals surface area contributed by atoms with Crippen molar-refractivity contribution in [3.63, 3.8) is 0 Å². The summed E-state index contributed by atoms with van der Waals surface area (Å²) in [5.41, 5.74) is 0.454. The molecule has 2 N–H and O–H groups in total. The Bertz CT molecular complexity index is 1030. The number of H-pyrrole nitrogens is 1. The van der Waals surface area contributed by atoms with Crippen molar-refractivity contribution < 1.29 is 19.4 Å². The summed E-state index contributed by atoms with van der Waals surface area (Å²) in [6, 6.07) is 5.45. The number of benzene rings is 1. The largest absolute Gasteiger partial charge is 0.497 e. The summed E-state index contributed by atoms with van der Waals surface area (Å²) in [6.07, 6.45) is 4.65. The van der Waals surface area contributed by atoms with Crippen molar-refractivity contribution >= 4 is 16.8 Å². The summed E-state index contributed by atoms with van der Waals surface area (Å²) >= 11 is 0. The number of fused-ring (bicyclic) bond motifs is 1. The number of aliphatic hydroxyl groups is 1. The zero-order valence-corrected chi connectivity index (χ0v) is 16.9. The number of imidazole rings is 1. The number of hydrogen-bond acceptors (Lipinski definition) is 5. The summed E-state index contributed by atoms with van der Waals surface area (Å²) in [7, 11) is 3.19. The molecule has 1 aliphatic heterocycles. The van der Waals surface area contributed by atoms with E-state index in [4.69, 9.17) is 9.47 Å². The van der Waals surface area contributed by atoms with Gasteiger partial charge in [0.05, 0.1) is 31.9 Å². The van der Waals surface area contributed by atoms with Gasteiger partial charge in [-0.3, -0.25) is 4.79 Å². The van der Waals surface area contributed by atoms with Crippen LogP contribution in [0.15, 0.2) is 30.6 Å². The van der Waals surface area contributed by atoms with E-state index >= 15 is 0 Å². The molecule has 0 radical (unpaired) electrons. The van der Waals surface area contributed by atoms with Crippen LogP contribution >= 0.6 is 0 Å². The molecule has 8 nitrogen and oxygen atoms in total. The molecule has 1 saturated heterocycles. The minimum absolute atomic E-state index is 0.0805. The maximum absolute atomic E-state index is 13.0. The number of nitrogens with one attached hydrogen (secondary N) is 1. The fourth-order valence-electron chi connectivity index (χ4n) is 3.92. The molecule has 0 unspecified atom stereocenters. The van der Waals surface area contributed by atoms with Gasteiger partial charge in [-0.05, 0) is 25.8 Å². The molecule has 0 aliphatic carbocycles. The van der Waals surface area contributed by atoms with E-state index in [-0.39, 0.29) is 5.91 Å². The Kier molecular flexibility index (Phi) is 4.96. The van der Waals surface area contributed by atoms with Crippen molar-refractivity contribution in [2.24, 2.45) is 0 Å². The molecule has 3 aromatic rings. The van der Waals surface area contributed by atoms with Gasteiger partial charge < -0.3 is 29.0 Å². The molecule has 3 heterocycles. The number of carbonyl (C=O) groups is 1. The molecule has 1 amide bonds. The van der Waals surface area contributed by atoms with Crippen LogP contribution in [0.3, 0.4) is 0 Å². The number of rotatable bonds is 5. The Hall–Kier alpha value is -3.00. The van der Waals surface area contributed by atoms with Crippen molar-refractivity contribution in [3.8, 4) is 11.5 Å². The van der Waals surface area contributed by atoms with Gasteiger partial charge in [-0.1, -0.05) is 0 Å². The number of amides is 1. The van der Waals surface area contributed by atoms with Gasteiger partial charge in [0.2, 0.25) is 0 Å². The molecule has 0 spiro atoms. The number of aromatic amines is 1. The number of aromatic nitrogens is 3. The zero-order chi connectivity index (χ0) is 20.6. The standard InChI is InChI=1S/C21H26N4O4/c1-14-22-6-9-25(14)13-21(27)4-7-24(8-5-21)20(26)18-12-16-17(23-18)10-15(28-2)11-19(16)29-3/h6,9-12,23,27H,4-5,7-8,13H2,1-3H3. The predicted octanol–water partition coefficient (Wildman–Crippen LogP) is 2.36. The third-order valence-corrected chi connectivity index (χ3v) is 5.73. The van der Waals surface area contributed by atoms with E-state index in [0.29, 0.717) is 49.7 Å². The summed E-state index contributed by atoms with van der Waals surface area (Å²) < 4.78 is 12.7. The third kappa shape index (κ3) is 3.67. The van der Waals surface area contributed by atoms with Crippen LogP contribution in [0.2, 0.25) is 0 Å². The highest BCUT2D eigenvalue weighted by Gasteiger charge is 2.35. The topological polar surface area (TPSA) is 92.6 Å². The Morgan fingerprint density at radius 1 is 1.24 bits per heavy atom. The second-order valence-corrected chi connectivity index (χ2v) is 7.59. The van der Waals surface area contributed by atoms with E-state index in [1.165, 1.54) is 0 Å². The average Bonchev–Trinajstić information content (AvgIpc) is 3.33. The number of nitrogens with zero attached hydrogens (tertiary/aromatic N) is 3. The number of aryl methyl sites for hydroxylation is 1. The lowest BCUT2D eigenvalue weighted by Crippen LogP contribution is -2.48. The van der Waals surface area contributed by atoms with Crippen molar-refractivity contribution in [2.75, 3.05) is 27.3 Å². The van der Waals surface area contributed by atoms with E-state index in [2.05, 4.69) is 9.97 Å². The summed E-state index contributed by atoms with van der Waals surface area (Å²) in [5, 5.41) is 11.8. The van der Waals surface area contributed by atoms with Gasteiger partial charge in [0.25, 0.3) is 5.91 Å².